The summed E-state index contributed by atoms with van der Waals surface area (Å²) in [6.07, 6.45) is -1.05. The van der Waals surface area contributed by atoms with Crippen molar-refractivity contribution in [2.24, 2.45) is 0 Å². The molecule has 1 atom stereocenters. The van der Waals surface area contributed by atoms with Crippen molar-refractivity contribution in [3.05, 3.63) is 29.8 Å². The van der Waals surface area contributed by atoms with E-state index in [2.05, 4.69) is 4.74 Å². The normalized spacial score (nSPS) is 12.1. The van der Waals surface area contributed by atoms with E-state index in [0.717, 1.165) is 0 Å². The number of hydrogen-bond donors (Lipinski definition) is 2. The minimum atomic E-state index is -0.936. The number of phenolic OH excluding ortho intramolecular Hbond substituents is 1. The summed E-state index contributed by atoms with van der Waals surface area (Å²) in [5, 5.41) is 18.7. The Bertz CT molecular complexity index is 322. The molecular formula is C10H12O4. The largest absolute Gasteiger partial charge is 0.508 e. The first-order valence-corrected chi connectivity index (χ1v) is 4.17. The number of carbonyl (C=O) groups is 1. The van der Waals surface area contributed by atoms with Crippen molar-refractivity contribution < 1.29 is 19.7 Å². The molecule has 0 heterocycles. The van der Waals surface area contributed by atoms with Crippen LogP contribution in [0.1, 0.15) is 18.1 Å². The summed E-state index contributed by atoms with van der Waals surface area (Å²) in [6, 6.07) is 6.14. The van der Waals surface area contributed by atoms with Gasteiger partial charge in [0.05, 0.1) is 19.6 Å². The Hall–Kier alpha value is -1.55. The van der Waals surface area contributed by atoms with Gasteiger partial charge < -0.3 is 14.9 Å². The SMILES string of the molecule is COC(=O)C[C@@H](O)c1cccc(O)c1. The summed E-state index contributed by atoms with van der Waals surface area (Å²) in [7, 11) is 1.26. The molecule has 14 heavy (non-hydrogen) atoms. The minimum absolute atomic E-state index is 0.0615. The van der Waals surface area contributed by atoms with Crippen LogP contribution in [-0.2, 0) is 9.53 Å². The van der Waals surface area contributed by atoms with Crippen LogP contribution in [-0.4, -0.2) is 23.3 Å². The zero-order valence-corrected chi connectivity index (χ0v) is 7.80. The molecule has 0 radical (unpaired) electrons. The Kier molecular flexibility index (Phi) is 3.48. The van der Waals surface area contributed by atoms with E-state index in [0.29, 0.717) is 5.56 Å². The molecule has 0 aliphatic rings. The van der Waals surface area contributed by atoms with Crippen LogP contribution < -0.4 is 0 Å². The van der Waals surface area contributed by atoms with Crippen molar-refractivity contribution in [3.8, 4) is 5.75 Å². The van der Waals surface area contributed by atoms with Crippen LogP contribution in [0, 0.1) is 0 Å². The predicted octanol–water partition coefficient (Wildman–Crippen LogP) is 0.989. The Labute approximate surface area is 81.8 Å². The number of esters is 1. The molecule has 0 aliphatic carbocycles. The molecule has 76 valence electrons. The van der Waals surface area contributed by atoms with Gasteiger partial charge in [0.1, 0.15) is 5.75 Å². The quantitative estimate of drug-likeness (QED) is 0.707. The molecule has 0 unspecified atom stereocenters. The Balaban J connectivity index is 2.69. The maximum Gasteiger partial charge on any atom is 0.308 e. The minimum Gasteiger partial charge on any atom is -0.508 e. The molecule has 0 spiro atoms. The number of ether oxygens (including phenoxy) is 1. The van der Waals surface area contributed by atoms with Gasteiger partial charge in [-0.2, -0.15) is 0 Å². The molecule has 0 aromatic heterocycles. The van der Waals surface area contributed by atoms with Crippen LogP contribution in [0.4, 0.5) is 0 Å². The molecule has 0 bridgehead atoms. The lowest BCUT2D eigenvalue weighted by Gasteiger charge is -2.09. The lowest BCUT2D eigenvalue weighted by Crippen LogP contribution is -2.07. The summed E-state index contributed by atoms with van der Waals surface area (Å²) in [5.41, 5.74) is 0.496. The first kappa shape index (κ1) is 10.5. The third-order valence-electron chi connectivity index (χ3n) is 1.84. The number of rotatable bonds is 3. The van der Waals surface area contributed by atoms with E-state index in [-0.39, 0.29) is 12.2 Å². The maximum atomic E-state index is 10.8. The summed E-state index contributed by atoms with van der Waals surface area (Å²) < 4.78 is 4.41. The van der Waals surface area contributed by atoms with Gasteiger partial charge in [0, 0.05) is 0 Å². The monoisotopic (exact) mass is 196 g/mol. The predicted molar refractivity (Wildman–Crippen MR) is 49.7 cm³/mol. The number of aliphatic hydroxyl groups is 1. The lowest BCUT2D eigenvalue weighted by molar-refractivity contribution is -0.142. The molecule has 0 aliphatic heterocycles. The summed E-state index contributed by atoms with van der Waals surface area (Å²) in [4.78, 5) is 10.8. The number of aliphatic hydroxyl groups excluding tert-OH is 1. The molecular weight excluding hydrogens is 184 g/mol. The molecule has 0 fully saturated rings. The molecule has 2 N–H and O–H groups in total. The first-order chi connectivity index (χ1) is 6.63. The molecule has 4 heteroatoms. The first-order valence-electron chi connectivity index (χ1n) is 4.17. The van der Waals surface area contributed by atoms with E-state index in [1.807, 2.05) is 0 Å². The highest BCUT2D eigenvalue weighted by Gasteiger charge is 2.13. The van der Waals surface area contributed by atoms with E-state index in [9.17, 15) is 9.90 Å². The molecule has 0 saturated carbocycles. The van der Waals surface area contributed by atoms with Crippen LogP contribution in [0.2, 0.25) is 0 Å². The Morgan fingerprint density at radius 1 is 1.57 bits per heavy atom. The van der Waals surface area contributed by atoms with Crippen molar-refractivity contribution in [3.63, 3.8) is 0 Å². The second kappa shape index (κ2) is 4.62. The smallest absolute Gasteiger partial charge is 0.308 e. The van der Waals surface area contributed by atoms with Gasteiger partial charge in [-0.1, -0.05) is 12.1 Å². The molecule has 0 saturated heterocycles. The summed E-state index contributed by atoms with van der Waals surface area (Å²) in [6.45, 7) is 0. The third-order valence-corrected chi connectivity index (χ3v) is 1.84. The third kappa shape index (κ3) is 2.74. The van der Waals surface area contributed by atoms with Gasteiger partial charge in [-0.25, -0.2) is 0 Å². The van der Waals surface area contributed by atoms with Crippen LogP contribution in [0.3, 0.4) is 0 Å². The van der Waals surface area contributed by atoms with Crippen LogP contribution >= 0.6 is 0 Å². The van der Waals surface area contributed by atoms with Gasteiger partial charge in [-0.15, -0.1) is 0 Å². The number of aromatic hydroxyl groups is 1. The van der Waals surface area contributed by atoms with Gasteiger partial charge in [0.15, 0.2) is 0 Å². The number of carbonyl (C=O) groups excluding carboxylic acids is 1. The van der Waals surface area contributed by atoms with E-state index >= 15 is 0 Å². The average Bonchev–Trinajstić information content (AvgIpc) is 2.17. The van der Waals surface area contributed by atoms with Crippen LogP contribution in [0.5, 0.6) is 5.75 Å². The van der Waals surface area contributed by atoms with Crippen molar-refractivity contribution in [2.45, 2.75) is 12.5 Å². The average molecular weight is 196 g/mol. The fraction of sp³-hybridized carbons (Fsp3) is 0.300. The topological polar surface area (TPSA) is 66.8 Å². The van der Waals surface area contributed by atoms with E-state index in [1.165, 1.54) is 19.2 Å². The van der Waals surface area contributed by atoms with Gasteiger partial charge in [-0.05, 0) is 17.7 Å². The second-order valence-electron chi connectivity index (χ2n) is 2.89. The van der Waals surface area contributed by atoms with Gasteiger partial charge in [0.25, 0.3) is 0 Å². The molecule has 0 amide bonds. The van der Waals surface area contributed by atoms with Gasteiger partial charge >= 0.3 is 5.97 Å². The zero-order chi connectivity index (χ0) is 10.6. The van der Waals surface area contributed by atoms with E-state index in [4.69, 9.17) is 5.11 Å². The van der Waals surface area contributed by atoms with Crippen molar-refractivity contribution in [1.82, 2.24) is 0 Å². The van der Waals surface area contributed by atoms with Crippen LogP contribution in [0.15, 0.2) is 24.3 Å². The van der Waals surface area contributed by atoms with Crippen molar-refractivity contribution in [1.29, 1.82) is 0 Å². The number of methoxy groups -OCH3 is 1. The maximum absolute atomic E-state index is 10.8. The molecule has 1 rings (SSSR count). The van der Waals surface area contributed by atoms with Crippen molar-refractivity contribution in [2.75, 3.05) is 7.11 Å². The zero-order valence-electron chi connectivity index (χ0n) is 7.80. The highest BCUT2D eigenvalue weighted by atomic mass is 16.5. The summed E-state index contributed by atoms with van der Waals surface area (Å²) >= 11 is 0. The standard InChI is InChI=1S/C10H12O4/c1-14-10(13)6-9(12)7-3-2-4-8(11)5-7/h2-5,9,11-12H,6H2,1H3/t9-/m1/s1. The number of hydrogen-bond acceptors (Lipinski definition) is 4. The van der Waals surface area contributed by atoms with E-state index < -0.39 is 12.1 Å². The number of benzene rings is 1. The fourth-order valence-corrected chi connectivity index (χ4v) is 1.09. The van der Waals surface area contributed by atoms with Crippen LogP contribution in [0.25, 0.3) is 0 Å². The van der Waals surface area contributed by atoms with Crippen molar-refractivity contribution >= 4 is 5.97 Å². The highest BCUT2D eigenvalue weighted by Crippen LogP contribution is 2.20. The molecule has 4 nitrogen and oxygen atoms in total. The second-order valence-corrected chi connectivity index (χ2v) is 2.89. The van der Waals surface area contributed by atoms with Gasteiger partial charge in [0.2, 0.25) is 0 Å². The van der Waals surface area contributed by atoms with E-state index in [1.54, 1.807) is 12.1 Å². The summed E-state index contributed by atoms with van der Waals surface area (Å²) in [5.74, 6) is -0.424. The number of phenols is 1. The fourth-order valence-electron chi connectivity index (χ4n) is 1.09. The Morgan fingerprint density at radius 3 is 2.86 bits per heavy atom. The highest BCUT2D eigenvalue weighted by molar-refractivity contribution is 5.70. The Morgan fingerprint density at radius 2 is 2.29 bits per heavy atom. The molecule has 1 aromatic carbocycles. The molecule has 1 aromatic rings. The lowest BCUT2D eigenvalue weighted by atomic mass is 10.1. The van der Waals surface area contributed by atoms with Gasteiger partial charge in [-0.3, -0.25) is 4.79 Å².